The van der Waals surface area contributed by atoms with Crippen molar-refractivity contribution in [1.29, 1.82) is 0 Å². The number of aliphatic hydroxyl groups is 1. The number of benzene rings is 1. The fourth-order valence-corrected chi connectivity index (χ4v) is 1.10. The molecule has 0 aliphatic carbocycles. The van der Waals surface area contributed by atoms with Gasteiger partial charge in [0.25, 0.3) is 0 Å². The third kappa shape index (κ3) is 2.86. The highest BCUT2D eigenvalue weighted by atomic mass is 35.5. The number of nitrogens with one attached hydrogen (secondary N) is 1. The molecule has 0 aliphatic rings. The molecule has 0 bridgehead atoms. The molecule has 0 saturated carbocycles. The average Bonchev–Trinajstić information content (AvgIpc) is 2.11. The fraction of sp³-hybridized carbons (Fsp3) is 0.333. The third-order valence-electron chi connectivity index (χ3n) is 1.61. The Morgan fingerprint density at radius 2 is 2.31 bits per heavy atom. The van der Waals surface area contributed by atoms with Crippen LogP contribution in [0.1, 0.15) is 6.92 Å². The molecule has 4 heteroatoms. The van der Waals surface area contributed by atoms with E-state index in [9.17, 15) is 4.39 Å². The van der Waals surface area contributed by atoms with E-state index >= 15 is 0 Å². The minimum Gasteiger partial charge on any atom is -0.394 e. The molecule has 0 aliphatic heterocycles. The molecule has 0 amide bonds. The van der Waals surface area contributed by atoms with E-state index in [-0.39, 0.29) is 17.7 Å². The number of hydrogen-bond acceptors (Lipinski definition) is 2. The SMILES string of the molecule is CC(CO)Nc1ccc(F)c(Cl)c1. The zero-order chi connectivity index (χ0) is 9.84. The van der Waals surface area contributed by atoms with Gasteiger partial charge in [0.2, 0.25) is 0 Å². The topological polar surface area (TPSA) is 32.3 Å². The second-order valence-electron chi connectivity index (χ2n) is 2.86. The molecule has 0 aromatic heterocycles. The molecule has 2 N–H and O–H groups in total. The van der Waals surface area contributed by atoms with Crippen LogP contribution in [0.2, 0.25) is 5.02 Å². The van der Waals surface area contributed by atoms with E-state index in [0.29, 0.717) is 5.69 Å². The summed E-state index contributed by atoms with van der Waals surface area (Å²) in [7, 11) is 0. The second-order valence-corrected chi connectivity index (χ2v) is 3.26. The van der Waals surface area contributed by atoms with Crippen LogP contribution in [0.3, 0.4) is 0 Å². The Labute approximate surface area is 81.3 Å². The van der Waals surface area contributed by atoms with E-state index in [4.69, 9.17) is 16.7 Å². The largest absolute Gasteiger partial charge is 0.394 e. The Morgan fingerprint density at radius 1 is 1.62 bits per heavy atom. The molecule has 0 fully saturated rings. The quantitative estimate of drug-likeness (QED) is 0.790. The summed E-state index contributed by atoms with van der Waals surface area (Å²) in [5.74, 6) is -0.441. The molecule has 1 aromatic carbocycles. The van der Waals surface area contributed by atoms with Crippen LogP contribution in [0.25, 0.3) is 0 Å². The average molecular weight is 204 g/mol. The van der Waals surface area contributed by atoms with Crippen LogP contribution in [0.15, 0.2) is 18.2 Å². The molecular weight excluding hydrogens is 193 g/mol. The predicted molar refractivity (Wildman–Crippen MR) is 51.6 cm³/mol. The molecule has 0 heterocycles. The number of anilines is 1. The second kappa shape index (κ2) is 4.44. The molecule has 72 valence electrons. The summed E-state index contributed by atoms with van der Waals surface area (Å²) in [4.78, 5) is 0. The van der Waals surface area contributed by atoms with Gasteiger partial charge in [0.05, 0.1) is 11.6 Å². The molecule has 1 rings (SSSR count). The van der Waals surface area contributed by atoms with Gasteiger partial charge in [-0.25, -0.2) is 4.39 Å². The van der Waals surface area contributed by atoms with Gasteiger partial charge in [-0.3, -0.25) is 0 Å². The van der Waals surface area contributed by atoms with Gasteiger partial charge in [0, 0.05) is 11.7 Å². The summed E-state index contributed by atoms with van der Waals surface area (Å²) in [6, 6.07) is 4.28. The minimum atomic E-state index is -0.441. The number of rotatable bonds is 3. The minimum absolute atomic E-state index is 0.0228. The molecule has 2 nitrogen and oxygen atoms in total. The maximum Gasteiger partial charge on any atom is 0.141 e. The van der Waals surface area contributed by atoms with Crippen molar-refractivity contribution in [1.82, 2.24) is 0 Å². The maximum absolute atomic E-state index is 12.7. The van der Waals surface area contributed by atoms with Gasteiger partial charge in [-0.05, 0) is 25.1 Å². The first-order chi connectivity index (χ1) is 6.13. The van der Waals surface area contributed by atoms with Crippen LogP contribution in [0, 0.1) is 5.82 Å². The first kappa shape index (κ1) is 10.3. The highest BCUT2D eigenvalue weighted by Gasteiger charge is 2.03. The van der Waals surface area contributed by atoms with Crippen LogP contribution < -0.4 is 5.32 Å². The van der Waals surface area contributed by atoms with Crippen molar-refractivity contribution >= 4 is 17.3 Å². The number of halogens is 2. The molecule has 1 aromatic rings. The molecule has 1 unspecified atom stereocenters. The zero-order valence-electron chi connectivity index (χ0n) is 7.22. The van der Waals surface area contributed by atoms with Gasteiger partial charge >= 0.3 is 0 Å². The van der Waals surface area contributed by atoms with Gasteiger partial charge in [0.15, 0.2) is 0 Å². The summed E-state index contributed by atoms with van der Waals surface area (Å²) >= 11 is 5.56. The van der Waals surface area contributed by atoms with Crippen molar-refractivity contribution in [3.8, 4) is 0 Å². The molecule has 1 atom stereocenters. The van der Waals surface area contributed by atoms with Gasteiger partial charge in [-0.15, -0.1) is 0 Å². The zero-order valence-corrected chi connectivity index (χ0v) is 7.98. The first-order valence-electron chi connectivity index (χ1n) is 3.96. The van der Waals surface area contributed by atoms with E-state index in [1.165, 1.54) is 12.1 Å². The standard InChI is InChI=1S/C9H11ClFNO/c1-6(5-13)12-7-2-3-9(11)8(10)4-7/h2-4,6,12-13H,5H2,1H3. The van der Waals surface area contributed by atoms with Crippen LogP contribution in [0.5, 0.6) is 0 Å². The molecule has 0 spiro atoms. The first-order valence-corrected chi connectivity index (χ1v) is 4.33. The van der Waals surface area contributed by atoms with E-state index in [2.05, 4.69) is 5.32 Å². The molecule has 0 radical (unpaired) electrons. The smallest absolute Gasteiger partial charge is 0.141 e. The lowest BCUT2D eigenvalue weighted by molar-refractivity contribution is 0.281. The van der Waals surface area contributed by atoms with Crippen molar-refractivity contribution in [3.05, 3.63) is 29.0 Å². The highest BCUT2D eigenvalue weighted by Crippen LogP contribution is 2.19. The van der Waals surface area contributed by atoms with Crippen LogP contribution >= 0.6 is 11.6 Å². The Kier molecular flexibility index (Phi) is 3.51. The predicted octanol–water partition coefficient (Wildman–Crippen LogP) is 2.27. The van der Waals surface area contributed by atoms with Crippen LogP contribution in [-0.2, 0) is 0 Å². The van der Waals surface area contributed by atoms with Gasteiger partial charge < -0.3 is 10.4 Å². The van der Waals surface area contributed by atoms with Crippen molar-refractivity contribution < 1.29 is 9.50 Å². The van der Waals surface area contributed by atoms with E-state index in [0.717, 1.165) is 0 Å². The van der Waals surface area contributed by atoms with E-state index in [1.54, 1.807) is 6.07 Å². The lowest BCUT2D eigenvalue weighted by Gasteiger charge is -2.12. The molecular formula is C9H11ClFNO. The van der Waals surface area contributed by atoms with Gasteiger partial charge in [0.1, 0.15) is 5.82 Å². The monoisotopic (exact) mass is 203 g/mol. The Morgan fingerprint density at radius 3 is 2.85 bits per heavy atom. The van der Waals surface area contributed by atoms with Crippen molar-refractivity contribution in [2.24, 2.45) is 0 Å². The highest BCUT2D eigenvalue weighted by molar-refractivity contribution is 6.31. The van der Waals surface area contributed by atoms with Crippen molar-refractivity contribution in [3.63, 3.8) is 0 Å². The van der Waals surface area contributed by atoms with Crippen LogP contribution in [-0.4, -0.2) is 17.8 Å². The van der Waals surface area contributed by atoms with E-state index in [1.807, 2.05) is 6.92 Å². The normalized spacial score (nSPS) is 12.6. The Hall–Kier alpha value is -0.800. The van der Waals surface area contributed by atoms with Crippen molar-refractivity contribution in [2.45, 2.75) is 13.0 Å². The lowest BCUT2D eigenvalue weighted by atomic mass is 10.2. The number of aliphatic hydroxyl groups excluding tert-OH is 1. The van der Waals surface area contributed by atoms with E-state index < -0.39 is 5.82 Å². The third-order valence-corrected chi connectivity index (χ3v) is 1.90. The maximum atomic E-state index is 12.7. The summed E-state index contributed by atoms with van der Waals surface area (Å²) in [5.41, 5.74) is 0.702. The summed E-state index contributed by atoms with van der Waals surface area (Å²) < 4.78 is 12.7. The Bertz CT molecular complexity index is 293. The fourth-order valence-electron chi connectivity index (χ4n) is 0.916. The molecule has 13 heavy (non-hydrogen) atoms. The Balaban J connectivity index is 2.73. The summed E-state index contributed by atoms with van der Waals surface area (Å²) in [6.07, 6.45) is 0. The van der Waals surface area contributed by atoms with Gasteiger partial charge in [-0.2, -0.15) is 0 Å². The summed E-state index contributed by atoms with van der Waals surface area (Å²) in [5, 5.41) is 11.8. The van der Waals surface area contributed by atoms with Crippen molar-refractivity contribution in [2.75, 3.05) is 11.9 Å². The number of hydrogen-bond donors (Lipinski definition) is 2. The molecule has 0 saturated heterocycles. The van der Waals surface area contributed by atoms with Crippen LogP contribution in [0.4, 0.5) is 10.1 Å². The lowest BCUT2D eigenvalue weighted by Crippen LogP contribution is -2.19. The van der Waals surface area contributed by atoms with Gasteiger partial charge in [-0.1, -0.05) is 11.6 Å². The summed E-state index contributed by atoms with van der Waals surface area (Å²) in [6.45, 7) is 1.84.